The number of phosphoric ester groups is 2. The summed E-state index contributed by atoms with van der Waals surface area (Å²) in [6.07, 6.45) is 55.4. The number of unbranched alkanes of at least 4 members (excludes halogenated alkanes) is 45. The van der Waals surface area contributed by atoms with E-state index in [1.54, 1.807) is 0 Å². The van der Waals surface area contributed by atoms with Gasteiger partial charge < -0.3 is 33.8 Å². The van der Waals surface area contributed by atoms with E-state index < -0.39 is 97.5 Å². The predicted molar refractivity (Wildman–Crippen MR) is 386 cm³/mol. The minimum atomic E-state index is -4.96. The maximum atomic E-state index is 13.1. The lowest BCUT2D eigenvalue weighted by molar-refractivity contribution is -0.161. The van der Waals surface area contributed by atoms with Gasteiger partial charge in [0.1, 0.15) is 19.3 Å². The molecule has 0 aromatic heterocycles. The number of esters is 4. The van der Waals surface area contributed by atoms with Crippen LogP contribution >= 0.6 is 15.6 Å². The van der Waals surface area contributed by atoms with Gasteiger partial charge in [-0.1, -0.05) is 343 Å². The minimum Gasteiger partial charge on any atom is -0.462 e. The number of hydrogen-bond acceptors (Lipinski definition) is 15. The van der Waals surface area contributed by atoms with Crippen LogP contribution in [0, 0.1) is 11.8 Å². The first-order valence-electron chi connectivity index (χ1n) is 39.5. The van der Waals surface area contributed by atoms with Gasteiger partial charge in [0, 0.05) is 25.7 Å². The fourth-order valence-corrected chi connectivity index (χ4v) is 13.2. The molecule has 0 spiro atoms. The molecule has 0 aromatic carbocycles. The average molecular weight is 1400 g/mol. The molecule has 19 heteroatoms. The molecule has 5 atom stereocenters. The highest BCUT2D eigenvalue weighted by atomic mass is 31.2. The van der Waals surface area contributed by atoms with Crippen molar-refractivity contribution in [2.45, 2.75) is 413 Å². The summed E-state index contributed by atoms with van der Waals surface area (Å²) in [4.78, 5) is 72.8. The first-order chi connectivity index (χ1) is 45.9. The van der Waals surface area contributed by atoms with E-state index >= 15 is 0 Å². The molecule has 0 radical (unpaired) electrons. The van der Waals surface area contributed by atoms with Crippen LogP contribution in [-0.2, 0) is 65.4 Å². The molecule has 0 aliphatic carbocycles. The molecule has 95 heavy (non-hydrogen) atoms. The molecule has 0 amide bonds. The number of aliphatic hydroxyl groups excluding tert-OH is 1. The molecule has 0 aromatic rings. The Morgan fingerprint density at radius 1 is 0.284 bits per heavy atom. The smallest absolute Gasteiger partial charge is 0.462 e. The molecule has 17 nitrogen and oxygen atoms in total. The topological polar surface area (TPSA) is 237 Å². The van der Waals surface area contributed by atoms with Crippen LogP contribution in [-0.4, -0.2) is 96.7 Å². The van der Waals surface area contributed by atoms with E-state index in [4.69, 9.17) is 37.0 Å². The number of aliphatic hydroxyl groups is 1. The van der Waals surface area contributed by atoms with Gasteiger partial charge in [0.05, 0.1) is 26.4 Å². The highest BCUT2D eigenvalue weighted by Crippen LogP contribution is 2.45. The zero-order valence-corrected chi connectivity index (χ0v) is 63.8. The van der Waals surface area contributed by atoms with E-state index in [0.29, 0.717) is 25.7 Å². The lowest BCUT2D eigenvalue weighted by atomic mass is 10.0. The fraction of sp³-hybridized carbons (Fsp3) is 0.947. The summed E-state index contributed by atoms with van der Waals surface area (Å²) in [7, 11) is -9.91. The van der Waals surface area contributed by atoms with E-state index in [1.165, 1.54) is 212 Å². The number of rotatable bonds is 75. The van der Waals surface area contributed by atoms with Crippen LogP contribution in [0.4, 0.5) is 0 Å². The van der Waals surface area contributed by atoms with Crippen LogP contribution in [0.5, 0.6) is 0 Å². The predicted octanol–water partition coefficient (Wildman–Crippen LogP) is 22.3. The van der Waals surface area contributed by atoms with E-state index in [-0.39, 0.29) is 25.7 Å². The summed E-state index contributed by atoms with van der Waals surface area (Å²) in [6, 6.07) is 0. The van der Waals surface area contributed by atoms with Gasteiger partial charge in [-0.05, 0) is 37.5 Å². The molecule has 0 fully saturated rings. The van der Waals surface area contributed by atoms with E-state index in [2.05, 4.69) is 41.5 Å². The zero-order chi connectivity index (χ0) is 70.0. The lowest BCUT2D eigenvalue weighted by Gasteiger charge is -2.21. The van der Waals surface area contributed by atoms with Crippen molar-refractivity contribution in [2.24, 2.45) is 11.8 Å². The van der Waals surface area contributed by atoms with Crippen LogP contribution in [0.3, 0.4) is 0 Å². The number of carbonyl (C=O) groups excluding carboxylic acids is 4. The van der Waals surface area contributed by atoms with E-state index in [9.17, 15) is 43.2 Å². The Morgan fingerprint density at radius 2 is 0.484 bits per heavy atom. The largest absolute Gasteiger partial charge is 0.472 e. The van der Waals surface area contributed by atoms with Gasteiger partial charge >= 0.3 is 39.5 Å². The van der Waals surface area contributed by atoms with Crippen LogP contribution in [0.15, 0.2) is 0 Å². The van der Waals surface area contributed by atoms with Crippen molar-refractivity contribution in [3.63, 3.8) is 0 Å². The Morgan fingerprint density at radius 3 is 0.716 bits per heavy atom. The SMILES string of the molecule is CCCCCCCCCCCCCCCCC(=O)O[C@H](COC(=O)CCCCCCCCCCC)COP(=O)(O)OC[C@H](O)COP(=O)(O)OC[C@@H](COC(=O)CCCCCCCCCCCCCCC(C)C)OC(=O)CCCCCCCCCCCCCCCCC(C)C. The summed E-state index contributed by atoms with van der Waals surface area (Å²) in [6.45, 7) is 9.62. The third kappa shape index (κ3) is 70.3. The fourth-order valence-electron chi connectivity index (χ4n) is 11.7. The van der Waals surface area contributed by atoms with Crippen molar-refractivity contribution in [1.82, 2.24) is 0 Å². The monoisotopic (exact) mass is 1400 g/mol. The van der Waals surface area contributed by atoms with Crippen molar-refractivity contribution >= 4 is 39.5 Å². The molecule has 0 saturated carbocycles. The van der Waals surface area contributed by atoms with Crippen LogP contribution < -0.4 is 0 Å². The number of hydrogen-bond donors (Lipinski definition) is 3. The van der Waals surface area contributed by atoms with Crippen LogP contribution in [0.2, 0.25) is 0 Å². The van der Waals surface area contributed by atoms with E-state index in [1.807, 2.05) is 0 Å². The molecular weight excluding hydrogens is 1250 g/mol. The molecule has 3 N–H and O–H groups in total. The molecular formula is C76H148O17P2. The van der Waals surface area contributed by atoms with Crippen LogP contribution in [0.1, 0.15) is 395 Å². The van der Waals surface area contributed by atoms with Crippen LogP contribution in [0.25, 0.3) is 0 Å². The second-order valence-electron chi connectivity index (χ2n) is 28.3. The first-order valence-corrected chi connectivity index (χ1v) is 42.5. The van der Waals surface area contributed by atoms with E-state index in [0.717, 1.165) is 102 Å². The summed E-state index contributed by atoms with van der Waals surface area (Å²) < 4.78 is 68.5. The Balaban J connectivity index is 5.24. The summed E-state index contributed by atoms with van der Waals surface area (Å²) in [5, 5.41) is 10.6. The normalized spacial score (nSPS) is 14.0. The Kier molecular flexibility index (Phi) is 66.5. The molecule has 0 aliphatic rings. The quantitative estimate of drug-likeness (QED) is 0.0222. The number of carbonyl (C=O) groups is 4. The van der Waals surface area contributed by atoms with Gasteiger partial charge in [-0.25, -0.2) is 9.13 Å². The summed E-state index contributed by atoms with van der Waals surface area (Å²) in [5.41, 5.74) is 0. The summed E-state index contributed by atoms with van der Waals surface area (Å²) >= 11 is 0. The van der Waals surface area contributed by atoms with Gasteiger partial charge in [-0.3, -0.25) is 37.3 Å². The molecule has 2 unspecified atom stereocenters. The molecule has 0 heterocycles. The highest BCUT2D eigenvalue weighted by Gasteiger charge is 2.30. The third-order valence-corrected chi connectivity index (χ3v) is 19.6. The molecule has 0 saturated heterocycles. The van der Waals surface area contributed by atoms with Gasteiger partial charge in [-0.2, -0.15) is 0 Å². The third-order valence-electron chi connectivity index (χ3n) is 17.7. The second-order valence-corrected chi connectivity index (χ2v) is 31.3. The highest BCUT2D eigenvalue weighted by molar-refractivity contribution is 7.47. The Labute approximate surface area is 581 Å². The van der Waals surface area contributed by atoms with Crippen molar-refractivity contribution in [1.29, 1.82) is 0 Å². The van der Waals surface area contributed by atoms with Crippen molar-refractivity contribution in [3.05, 3.63) is 0 Å². The molecule has 0 aliphatic heterocycles. The van der Waals surface area contributed by atoms with Crippen molar-refractivity contribution in [2.75, 3.05) is 39.6 Å². The average Bonchev–Trinajstić information content (AvgIpc) is 1.48. The van der Waals surface area contributed by atoms with Crippen molar-refractivity contribution < 1.29 is 80.2 Å². The maximum Gasteiger partial charge on any atom is 0.472 e. The van der Waals surface area contributed by atoms with Gasteiger partial charge in [0.2, 0.25) is 0 Å². The second kappa shape index (κ2) is 67.9. The molecule has 564 valence electrons. The standard InChI is InChI=1S/C76H148O17P2/c1-7-9-11-13-15-17-18-19-23-30-36-42-48-54-60-75(80)92-71(64-86-73(78)58-52-46-40-32-16-14-12-10-8-2)66-90-94(82,83)88-62-70(77)63-89-95(84,85)91-67-72(65-87-74(79)59-53-47-41-35-29-26-25-28-34-39-45-51-57-69(5)6)93-76(81)61-55-49-43-37-31-24-21-20-22-27-33-38-44-50-56-68(3)4/h68-72,77H,7-67H2,1-6H3,(H,82,83)(H,84,85)/t70-,71+,72+/m0/s1. The zero-order valence-electron chi connectivity index (χ0n) is 62.0. The van der Waals surface area contributed by atoms with Crippen molar-refractivity contribution in [3.8, 4) is 0 Å². The summed E-state index contributed by atoms with van der Waals surface area (Å²) in [5.74, 6) is -0.538. The molecule has 0 rings (SSSR count). The Bertz CT molecular complexity index is 1840. The van der Waals surface area contributed by atoms with Gasteiger partial charge in [0.25, 0.3) is 0 Å². The Hall–Kier alpha value is -1.94. The minimum absolute atomic E-state index is 0.108. The number of phosphoric acid groups is 2. The lowest BCUT2D eigenvalue weighted by Crippen LogP contribution is -2.30. The first kappa shape index (κ1) is 93.1. The number of ether oxygens (including phenoxy) is 4. The molecule has 0 bridgehead atoms. The van der Waals surface area contributed by atoms with Gasteiger partial charge in [-0.15, -0.1) is 0 Å². The maximum absolute atomic E-state index is 13.1. The van der Waals surface area contributed by atoms with Gasteiger partial charge in [0.15, 0.2) is 12.2 Å².